The molecule has 12 rings (SSSR count). The van der Waals surface area contributed by atoms with Gasteiger partial charge in [-0.1, -0.05) is 170 Å². The van der Waals surface area contributed by atoms with Crippen molar-refractivity contribution in [2.24, 2.45) is 0 Å². The minimum atomic E-state index is 0.839. The summed E-state index contributed by atoms with van der Waals surface area (Å²) in [5, 5.41) is 12.0. The lowest BCUT2D eigenvalue weighted by molar-refractivity contribution is 0.671. The summed E-state index contributed by atoms with van der Waals surface area (Å²) >= 11 is 0. The summed E-state index contributed by atoms with van der Waals surface area (Å²) in [6.07, 6.45) is 0. The monoisotopic (exact) mass is 712 g/mol. The van der Waals surface area contributed by atoms with E-state index < -0.39 is 0 Å². The number of aromatic nitrogens is 2. The number of hydrogen-bond donors (Lipinski definition) is 0. The molecule has 0 aliphatic rings. The lowest BCUT2D eigenvalue weighted by Gasteiger charge is -2.15. The number of benzene rings is 9. The average molecular weight is 713 g/mol. The predicted octanol–water partition coefficient (Wildman–Crippen LogP) is 14.5. The molecule has 0 radical (unpaired) electrons. The number of fused-ring (bicyclic) bond motifs is 15. The van der Waals surface area contributed by atoms with E-state index in [-0.39, 0.29) is 0 Å². The van der Waals surface area contributed by atoms with Crippen LogP contribution in [0.1, 0.15) is 0 Å². The van der Waals surface area contributed by atoms with Crippen LogP contribution < -0.4 is 0 Å². The van der Waals surface area contributed by atoms with Crippen molar-refractivity contribution in [1.82, 2.24) is 9.55 Å². The van der Waals surface area contributed by atoms with E-state index in [0.29, 0.717) is 0 Å². The van der Waals surface area contributed by atoms with E-state index in [4.69, 9.17) is 9.40 Å². The molecule has 0 amide bonds. The molecule has 0 saturated heterocycles. The van der Waals surface area contributed by atoms with Gasteiger partial charge in [0.15, 0.2) is 5.58 Å². The highest BCUT2D eigenvalue weighted by Crippen LogP contribution is 2.50. The van der Waals surface area contributed by atoms with Crippen LogP contribution in [-0.4, -0.2) is 9.55 Å². The van der Waals surface area contributed by atoms with E-state index in [9.17, 15) is 0 Å². The summed E-state index contributed by atoms with van der Waals surface area (Å²) in [4.78, 5) is 5.55. The maximum absolute atomic E-state index is 7.06. The van der Waals surface area contributed by atoms with Gasteiger partial charge in [0.05, 0.1) is 16.7 Å². The quantitative estimate of drug-likeness (QED) is 0.170. The molecule has 9 aromatic carbocycles. The van der Waals surface area contributed by atoms with Crippen LogP contribution in [0, 0.1) is 0 Å². The van der Waals surface area contributed by atoms with Crippen molar-refractivity contribution in [2.75, 3.05) is 0 Å². The zero-order valence-electron chi connectivity index (χ0n) is 30.3. The van der Waals surface area contributed by atoms with Gasteiger partial charge in [0.2, 0.25) is 0 Å². The van der Waals surface area contributed by atoms with Gasteiger partial charge in [-0.05, 0) is 68.1 Å². The third-order valence-corrected chi connectivity index (χ3v) is 11.6. The van der Waals surface area contributed by atoms with E-state index in [2.05, 4.69) is 199 Å². The summed E-state index contributed by atoms with van der Waals surface area (Å²) in [6.45, 7) is 0. The first-order valence-corrected chi connectivity index (χ1v) is 19.1. The standard InChI is InChI=1S/C53H32N2O/c1-3-15-33(16-4-1)35-27-29-36(30-28-35)44-31-37(34-17-5-2-6-18-34)32-47(54-44)55-45-25-13-11-23-42(45)50-48-40-21-9-7-19-38(40)39-20-8-10-22-41(39)49(48)51-43-24-12-14-26-46(43)56-53(51)52(50)55/h1-32H. The van der Waals surface area contributed by atoms with Gasteiger partial charge in [0, 0.05) is 37.9 Å². The molecule has 0 atom stereocenters. The van der Waals surface area contributed by atoms with Crippen LogP contribution in [-0.2, 0) is 0 Å². The second kappa shape index (κ2) is 12.0. The number of hydrogen-bond acceptors (Lipinski definition) is 2. The normalized spacial score (nSPS) is 11.9. The van der Waals surface area contributed by atoms with Crippen LogP contribution >= 0.6 is 0 Å². The van der Waals surface area contributed by atoms with Gasteiger partial charge in [-0.25, -0.2) is 4.98 Å². The lowest BCUT2D eigenvalue weighted by atomic mass is 9.89. The molecule has 0 fully saturated rings. The van der Waals surface area contributed by atoms with Crippen LogP contribution in [0.4, 0.5) is 0 Å². The molecule has 12 aromatic rings. The highest BCUT2D eigenvalue weighted by molar-refractivity contribution is 6.44. The number of pyridine rings is 1. The minimum Gasteiger partial charge on any atom is -0.454 e. The molecule has 260 valence electrons. The third-order valence-electron chi connectivity index (χ3n) is 11.6. The summed E-state index contributed by atoms with van der Waals surface area (Å²) in [5.74, 6) is 0.839. The number of furan rings is 1. The summed E-state index contributed by atoms with van der Waals surface area (Å²) in [6, 6.07) is 69.3. The summed E-state index contributed by atoms with van der Waals surface area (Å²) in [5.41, 5.74) is 10.4. The van der Waals surface area contributed by atoms with Crippen molar-refractivity contribution in [3.05, 3.63) is 194 Å². The number of para-hydroxylation sites is 2. The number of rotatable bonds is 4. The second-order valence-corrected chi connectivity index (χ2v) is 14.6. The molecule has 56 heavy (non-hydrogen) atoms. The summed E-state index contributed by atoms with van der Waals surface area (Å²) in [7, 11) is 0. The molecule has 0 saturated carbocycles. The van der Waals surface area contributed by atoms with Crippen molar-refractivity contribution in [3.8, 4) is 39.3 Å². The fraction of sp³-hybridized carbons (Fsp3) is 0. The van der Waals surface area contributed by atoms with Crippen LogP contribution in [0.2, 0.25) is 0 Å². The van der Waals surface area contributed by atoms with Crippen LogP contribution in [0.5, 0.6) is 0 Å². The Hall–Kier alpha value is -7.49. The molecule has 3 heterocycles. The van der Waals surface area contributed by atoms with E-state index in [1.807, 2.05) is 0 Å². The van der Waals surface area contributed by atoms with E-state index in [0.717, 1.165) is 66.6 Å². The Kier molecular flexibility index (Phi) is 6.63. The smallest absolute Gasteiger partial charge is 0.160 e. The van der Waals surface area contributed by atoms with Gasteiger partial charge in [0.25, 0.3) is 0 Å². The van der Waals surface area contributed by atoms with Gasteiger partial charge in [-0.3, -0.25) is 4.57 Å². The van der Waals surface area contributed by atoms with Crippen molar-refractivity contribution >= 4 is 76.1 Å². The maximum atomic E-state index is 7.06. The SMILES string of the molecule is c1ccc(-c2ccc(-c3cc(-c4ccccc4)cc(-n4c5ccccc5c5c6c7ccccc7c7ccccc7c6c6c7ccccc7oc6c54)n3)cc2)cc1. The van der Waals surface area contributed by atoms with Gasteiger partial charge < -0.3 is 4.42 Å². The van der Waals surface area contributed by atoms with Gasteiger partial charge in [-0.2, -0.15) is 0 Å². The average Bonchev–Trinajstić information content (AvgIpc) is 3.84. The molecule has 0 unspecified atom stereocenters. The van der Waals surface area contributed by atoms with Gasteiger partial charge in [0.1, 0.15) is 11.4 Å². The van der Waals surface area contributed by atoms with Crippen molar-refractivity contribution < 1.29 is 4.42 Å². The highest BCUT2D eigenvalue weighted by Gasteiger charge is 2.26. The largest absolute Gasteiger partial charge is 0.454 e. The van der Waals surface area contributed by atoms with Gasteiger partial charge >= 0.3 is 0 Å². The molecule has 0 aliphatic heterocycles. The molecule has 3 nitrogen and oxygen atoms in total. The fourth-order valence-electron chi connectivity index (χ4n) is 9.11. The zero-order valence-corrected chi connectivity index (χ0v) is 30.3. The zero-order chi connectivity index (χ0) is 36.7. The molecular formula is C53H32N2O. The molecule has 0 N–H and O–H groups in total. The van der Waals surface area contributed by atoms with E-state index in [1.165, 1.54) is 48.8 Å². The Morgan fingerprint density at radius 3 is 1.54 bits per heavy atom. The molecule has 3 heteroatoms. The Morgan fingerprint density at radius 2 is 0.857 bits per heavy atom. The highest BCUT2D eigenvalue weighted by atomic mass is 16.3. The molecule has 0 spiro atoms. The second-order valence-electron chi connectivity index (χ2n) is 14.6. The van der Waals surface area contributed by atoms with Gasteiger partial charge in [-0.15, -0.1) is 0 Å². The Bertz CT molecular complexity index is 3500. The molecule has 0 bridgehead atoms. The first-order valence-electron chi connectivity index (χ1n) is 19.1. The minimum absolute atomic E-state index is 0.839. The molecule has 0 aliphatic carbocycles. The number of nitrogens with zero attached hydrogens (tertiary/aromatic N) is 2. The predicted molar refractivity (Wildman–Crippen MR) is 235 cm³/mol. The Balaban J connectivity index is 1.26. The Morgan fingerprint density at radius 1 is 0.357 bits per heavy atom. The van der Waals surface area contributed by atoms with Crippen molar-refractivity contribution in [1.29, 1.82) is 0 Å². The summed E-state index contributed by atoms with van der Waals surface area (Å²) < 4.78 is 9.42. The van der Waals surface area contributed by atoms with Crippen LogP contribution in [0.15, 0.2) is 199 Å². The molecular weight excluding hydrogens is 681 g/mol. The molecule has 3 aromatic heterocycles. The van der Waals surface area contributed by atoms with E-state index in [1.54, 1.807) is 0 Å². The fourth-order valence-corrected chi connectivity index (χ4v) is 9.11. The first-order chi connectivity index (χ1) is 27.8. The van der Waals surface area contributed by atoms with Crippen molar-refractivity contribution in [2.45, 2.75) is 0 Å². The van der Waals surface area contributed by atoms with Crippen molar-refractivity contribution in [3.63, 3.8) is 0 Å². The van der Waals surface area contributed by atoms with E-state index >= 15 is 0 Å². The van der Waals surface area contributed by atoms with Crippen LogP contribution in [0.25, 0.3) is 115 Å². The van der Waals surface area contributed by atoms with Crippen LogP contribution in [0.3, 0.4) is 0 Å². The first kappa shape index (κ1) is 30.9. The Labute approximate surface area is 322 Å². The topological polar surface area (TPSA) is 31.0 Å². The lowest BCUT2D eigenvalue weighted by Crippen LogP contribution is -2.00. The third kappa shape index (κ3) is 4.49. The maximum Gasteiger partial charge on any atom is 0.160 e.